The first-order valence-corrected chi connectivity index (χ1v) is 6.70. The van der Waals surface area contributed by atoms with Gasteiger partial charge in [0, 0.05) is 10.9 Å². The molecule has 1 heterocycles. The van der Waals surface area contributed by atoms with Gasteiger partial charge in [0.1, 0.15) is 10.8 Å². The number of nitrogens with zero attached hydrogens (tertiary/aromatic N) is 1. The Balaban J connectivity index is 2.46. The van der Waals surface area contributed by atoms with Gasteiger partial charge in [0.25, 0.3) is 0 Å². The van der Waals surface area contributed by atoms with Crippen molar-refractivity contribution >= 4 is 17.3 Å². The zero-order valence-electron chi connectivity index (χ0n) is 10.7. The van der Waals surface area contributed by atoms with Crippen LogP contribution < -0.4 is 0 Å². The standard InChI is InChI=1S/C13H9F4NO2S/c1-2-20-12(19)10-6-21-11(18-10)8-4-3-7(14)5-9(8)13(15,16)17/h3-6H,2H2,1H3. The molecule has 0 aliphatic carbocycles. The first kappa shape index (κ1) is 15.4. The van der Waals surface area contributed by atoms with Crippen molar-refractivity contribution in [2.45, 2.75) is 13.1 Å². The van der Waals surface area contributed by atoms with E-state index >= 15 is 0 Å². The molecule has 3 nitrogen and oxygen atoms in total. The van der Waals surface area contributed by atoms with Gasteiger partial charge in [-0.15, -0.1) is 11.3 Å². The first-order valence-electron chi connectivity index (χ1n) is 5.82. The summed E-state index contributed by atoms with van der Waals surface area (Å²) in [6, 6.07) is 2.31. The van der Waals surface area contributed by atoms with E-state index in [-0.39, 0.29) is 22.9 Å². The number of hydrogen-bond donors (Lipinski definition) is 0. The van der Waals surface area contributed by atoms with Crippen molar-refractivity contribution in [2.75, 3.05) is 6.61 Å². The largest absolute Gasteiger partial charge is 0.461 e. The maximum Gasteiger partial charge on any atom is 0.417 e. The molecule has 2 aromatic rings. The highest BCUT2D eigenvalue weighted by Crippen LogP contribution is 2.38. The number of esters is 1. The van der Waals surface area contributed by atoms with Crippen LogP contribution in [0.1, 0.15) is 23.0 Å². The molecule has 0 N–H and O–H groups in total. The van der Waals surface area contributed by atoms with Crippen LogP contribution in [-0.4, -0.2) is 17.6 Å². The van der Waals surface area contributed by atoms with Gasteiger partial charge in [-0.2, -0.15) is 13.2 Å². The van der Waals surface area contributed by atoms with Gasteiger partial charge in [-0.3, -0.25) is 0 Å². The van der Waals surface area contributed by atoms with Crippen LogP contribution in [0.15, 0.2) is 23.6 Å². The lowest BCUT2D eigenvalue weighted by molar-refractivity contribution is -0.137. The van der Waals surface area contributed by atoms with E-state index in [4.69, 9.17) is 4.74 Å². The van der Waals surface area contributed by atoms with Gasteiger partial charge in [-0.1, -0.05) is 0 Å². The average molecular weight is 319 g/mol. The number of aromatic nitrogens is 1. The van der Waals surface area contributed by atoms with Crippen LogP contribution >= 0.6 is 11.3 Å². The fourth-order valence-corrected chi connectivity index (χ4v) is 2.46. The first-order chi connectivity index (χ1) is 9.82. The Labute approximate surface area is 121 Å². The minimum atomic E-state index is -4.72. The third kappa shape index (κ3) is 3.38. The second-order valence-corrected chi connectivity index (χ2v) is 4.80. The van der Waals surface area contributed by atoms with Crippen LogP contribution in [0.25, 0.3) is 10.6 Å². The van der Waals surface area contributed by atoms with Crippen molar-refractivity contribution in [3.8, 4) is 10.6 Å². The summed E-state index contributed by atoms with van der Waals surface area (Å²) in [5.41, 5.74) is -1.48. The lowest BCUT2D eigenvalue weighted by Gasteiger charge is -2.11. The SMILES string of the molecule is CCOC(=O)c1csc(-c2ccc(F)cc2C(F)(F)F)n1. The topological polar surface area (TPSA) is 39.2 Å². The number of rotatable bonds is 3. The molecule has 0 radical (unpaired) electrons. The number of hydrogen-bond acceptors (Lipinski definition) is 4. The van der Waals surface area contributed by atoms with E-state index in [1.54, 1.807) is 6.92 Å². The molecule has 0 aliphatic heterocycles. The fraction of sp³-hybridized carbons (Fsp3) is 0.231. The van der Waals surface area contributed by atoms with Crippen LogP contribution in [-0.2, 0) is 10.9 Å². The molecule has 0 saturated carbocycles. The molecule has 0 bridgehead atoms. The van der Waals surface area contributed by atoms with Crippen molar-refractivity contribution in [3.63, 3.8) is 0 Å². The molecule has 0 amide bonds. The normalized spacial score (nSPS) is 11.5. The Morgan fingerprint density at radius 1 is 1.38 bits per heavy atom. The van der Waals surface area contributed by atoms with Gasteiger partial charge in [-0.05, 0) is 25.1 Å². The summed E-state index contributed by atoms with van der Waals surface area (Å²) < 4.78 is 56.5. The van der Waals surface area contributed by atoms with Crippen molar-refractivity contribution in [1.29, 1.82) is 0 Å². The smallest absolute Gasteiger partial charge is 0.417 e. The van der Waals surface area contributed by atoms with Gasteiger partial charge < -0.3 is 4.74 Å². The van der Waals surface area contributed by atoms with Crippen molar-refractivity contribution < 1.29 is 27.1 Å². The highest BCUT2D eigenvalue weighted by Gasteiger charge is 2.35. The second kappa shape index (κ2) is 5.80. The number of ether oxygens (including phenoxy) is 1. The highest BCUT2D eigenvalue weighted by atomic mass is 32.1. The van der Waals surface area contributed by atoms with Crippen LogP contribution in [0, 0.1) is 5.82 Å². The Kier molecular flexibility index (Phi) is 4.26. The molecule has 8 heteroatoms. The fourth-order valence-electron chi connectivity index (χ4n) is 1.63. The predicted molar refractivity (Wildman–Crippen MR) is 68.5 cm³/mol. The predicted octanol–water partition coefficient (Wildman–Crippen LogP) is 4.14. The van der Waals surface area contributed by atoms with Gasteiger partial charge in [0.05, 0.1) is 12.2 Å². The lowest BCUT2D eigenvalue weighted by Crippen LogP contribution is -2.08. The van der Waals surface area contributed by atoms with Crippen molar-refractivity contribution in [3.05, 3.63) is 40.7 Å². The summed E-state index contributed by atoms with van der Waals surface area (Å²) in [6.45, 7) is 1.74. The molecule has 0 saturated heterocycles. The minimum Gasteiger partial charge on any atom is -0.461 e. The molecular formula is C13H9F4NO2S. The number of halogens is 4. The summed E-state index contributed by atoms with van der Waals surface area (Å²) in [4.78, 5) is 15.3. The summed E-state index contributed by atoms with van der Waals surface area (Å²) in [5, 5.41) is 1.28. The summed E-state index contributed by atoms with van der Waals surface area (Å²) in [6.07, 6.45) is -4.72. The number of alkyl halides is 3. The Morgan fingerprint density at radius 3 is 2.71 bits per heavy atom. The van der Waals surface area contributed by atoms with Gasteiger partial charge in [0.2, 0.25) is 0 Å². The van der Waals surface area contributed by atoms with E-state index in [0.29, 0.717) is 6.07 Å². The van der Waals surface area contributed by atoms with Gasteiger partial charge >= 0.3 is 12.1 Å². The third-order valence-corrected chi connectivity index (χ3v) is 3.38. The molecule has 1 aromatic heterocycles. The molecule has 0 unspecified atom stereocenters. The number of thiazole rings is 1. The Morgan fingerprint density at radius 2 is 2.10 bits per heavy atom. The molecule has 0 fully saturated rings. The monoisotopic (exact) mass is 319 g/mol. The van der Waals surface area contributed by atoms with Crippen LogP contribution in [0.2, 0.25) is 0 Å². The Hall–Kier alpha value is -1.96. The second-order valence-electron chi connectivity index (χ2n) is 3.95. The van der Waals surface area contributed by atoms with Crippen LogP contribution in [0.4, 0.5) is 17.6 Å². The van der Waals surface area contributed by atoms with Crippen LogP contribution in [0.3, 0.4) is 0 Å². The zero-order valence-corrected chi connectivity index (χ0v) is 11.5. The number of benzene rings is 1. The zero-order chi connectivity index (χ0) is 15.6. The number of carbonyl (C=O) groups excluding carboxylic acids is 1. The van der Waals surface area contributed by atoms with Gasteiger partial charge in [0.15, 0.2) is 5.69 Å². The van der Waals surface area contributed by atoms with E-state index in [1.165, 1.54) is 5.38 Å². The molecule has 0 spiro atoms. The Bertz CT molecular complexity index is 666. The molecule has 0 aliphatic rings. The minimum absolute atomic E-state index is 0.0228. The van der Waals surface area contributed by atoms with Crippen molar-refractivity contribution in [2.24, 2.45) is 0 Å². The van der Waals surface area contributed by atoms with Crippen LogP contribution in [0.5, 0.6) is 0 Å². The molecule has 1 aromatic carbocycles. The summed E-state index contributed by atoms with van der Waals surface area (Å²) in [5.74, 6) is -1.70. The molecular weight excluding hydrogens is 310 g/mol. The van der Waals surface area contributed by atoms with E-state index in [1.807, 2.05) is 0 Å². The summed E-state index contributed by atoms with van der Waals surface area (Å²) in [7, 11) is 0. The van der Waals surface area contributed by atoms with Gasteiger partial charge in [-0.25, -0.2) is 14.2 Å². The maximum atomic E-state index is 13.0. The summed E-state index contributed by atoms with van der Waals surface area (Å²) >= 11 is 0.859. The van der Waals surface area contributed by atoms with E-state index in [0.717, 1.165) is 23.5 Å². The van der Waals surface area contributed by atoms with E-state index < -0.39 is 23.5 Å². The molecule has 21 heavy (non-hydrogen) atoms. The van der Waals surface area contributed by atoms with E-state index in [2.05, 4.69) is 4.98 Å². The van der Waals surface area contributed by atoms with Crippen molar-refractivity contribution in [1.82, 2.24) is 4.98 Å². The maximum absolute atomic E-state index is 13.0. The van der Waals surface area contributed by atoms with E-state index in [9.17, 15) is 22.4 Å². The molecule has 112 valence electrons. The number of carbonyl (C=O) groups is 1. The quantitative estimate of drug-likeness (QED) is 0.630. The molecule has 0 atom stereocenters. The lowest BCUT2D eigenvalue weighted by atomic mass is 10.1. The third-order valence-electron chi connectivity index (χ3n) is 2.51. The highest BCUT2D eigenvalue weighted by molar-refractivity contribution is 7.13. The average Bonchev–Trinajstić information content (AvgIpc) is 2.87. The molecule has 2 rings (SSSR count).